The van der Waals surface area contributed by atoms with Crippen molar-refractivity contribution in [1.29, 1.82) is 0 Å². The number of hydrogen-bond donors (Lipinski definition) is 3. The van der Waals surface area contributed by atoms with Crippen molar-refractivity contribution in [3.8, 4) is 0 Å². The van der Waals surface area contributed by atoms with Crippen LogP contribution in [0.4, 0.5) is 0 Å². The minimum absolute atomic E-state index is 0. The molecule has 1 aromatic carbocycles. The number of nitrogens with zero attached hydrogens (tertiary/aromatic N) is 3. The summed E-state index contributed by atoms with van der Waals surface area (Å²) in [7, 11) is 2.15. The molecule has 10 heteroatoms. The third-order valence-electron chi connectivity index (χ3n) is 6.44. The molecule has 2 saturated heterocycles. The van der Waals surface area contributed by atoms with Crippen LogP contribution in [0.1, 0.15) is 23.3 Å². The number of H-pyrrole nitrogens is 1. The number of carbonyl (C=O) groups excluding carboxylic acids is 2. The van der Waals surface area contributed by atoms with Crippen molar-refractivity contribution in [3.63, 3.8) is 0 Å². The van der Waals surface area contributed by atoms with Gasteiger partial charge in [-0.15, -0.1) is 12.4 Å². The van der Waals surface area contributed by atoms with Gasteiger partial charge in [-0.25, -0.2) is 0 Å². The Labute approximate surface area is 199 Å². The SMILES string of the molecule is CN1CCC(N2CCN(C(=O)[C@@H](CO)NC(=O)c3cc4cc(Cl)ccc4[nH]3)CC2)CC1.Cl. The number of halogens is 2. The van der Waals surface area contributed by atoms with Gasteiger partial charge in [0.1, 0.15) is 11.7 Å². The van der Waals surface area contributed by atoms with Crippen molar-refractivity contribution in [2.45, 2.75) is 24.9 Å². The van der Waals surface area contributed by atoms with E-state index in [1.54, 1.807) is 29.2 Å². The maximum absolute atomic E-state index is 12.9. The summed E-state index contributed by atoms with van der Waals surface area (Å²) in [4.78, 5) is 35.2. The number of piperazine rings is 1. The van der Waals surface area contributed by atoms with E-state index < -0.39 is 18.6 Å². The molecule has 8 nitrogen and oxygen atoms in total. The number of amides is 2. The van der Waals surface area contributed by atoms with Gasteiger partial charge in [0.05, 0.1) is 6.61 Å². The van der Waals surface area contributed by atoms with Crippen LogP contribution >= 0.6 is 24.0 Å². The molecular weight excluding hydrogens is 453 g/mol. The molecule has 1 aromatic heterocycles. The zero-order chi connectivity index (χ0) is 22.0. The van der Waals surface area contributed by atoms with Gasteiger partial charge in [0.15, 0.2) is 0 Å². The standard InChI is InChI=1S/C22H30ClN5O3.ClH/c1-26-6-4-17(5-7-26)27-8-10-28(11-9-27)22(31)20(14-29)25-21(30)19-13-15-12-16(23)2-3-18(15)24-19;/h2-3,12-13,17,20,24,29H,4-11,14H2,1H3,(H,25,30);1H/t20-;/m1./s1. The van der Waals surface area contributed by atoms with E-state index in [-0.39, 0.29) is 18.3 Å². The van der Waals surface area contributed by atoms with Crippen LogP contribution in [0, 0.1) is 0 Å². The predicted octanol–water partition coefficient (Wildman–Crippen LogP) is 1.57. The predicted molar refractivity (Wildman–Crippen MR) is 128 cm³/mol. The summed E-state index contributed by atoms with van der Waals surface area (Å²) in [6.07, 6.45) is 2.32. The number of carbonyl (C=O) groups is 2. The summed E-state index contributed by atoms with van der Waals surface area (Å²) in [5.74, 6) is -0.664. The number of aliphatic hydroxyl groups excluding tert-OH is 1. The van der Waals surface area contributed by atoms with Crippen molar-refractivity contribution >= 4 is 46.7 Å². The summed E-state index contributed by atoms with van der Waals surface area (Å²) in [5.41, 5.74) is 1.11. The van der Waals surface area contributed by atoms with Crippen LogP contribution < -0.4 is 5.32 Å². The van der Waals surface area contributed by atoms with Crippen LogP contribution in [0.5, 0.6) is 0 Å². The highest BCUT2D eigenvalue weighted by Gasteiger charge is 2.31. The fourth-order valence-corrected chi connectivity index (χ4v) is 4.72. The molecule has 3 heterocycles. The van der Waals surface area contributed by atoms with Crippen molar-refractivity contribution in [1.82, 2.24) is 25.0 Å². The van der Waals surface area contributed by atoms with Gasteiger partial charge in [0.25, 0.3) is 5.91 Å². The van der Waals surface area contributed by atoms with Gasteiger partial charge in [-0.1, -0.05) is 11.6 Å². The molecule has 176 valence electrons. The zero-order valence-electron chi connectivity index (χ0n) is 18.2. The molecule has 1 atom stereocenters. The lowest BCUT2D eigenvalue weighted by Gasteiger charge is -2.42. The molecule has 2 amide bonds. The molecule has 2 aliphatic heterocycles. The van der Waals surface area contributed by atoms with Crippen molar-refractivity contribution in [2.24, 2.45) is 0 Å². The largest absolute Gasteiger partial charge is 0.394 e. The fraction of sp³-hybridized carbons (Fsp3) is 0.545. The second-order valence-electron chi connectivity index (χ2n) is 8.52. The number of piperidine rings is 1. The van der Waals surface area contributed by atoms with Gasteiger partial charge in [0, 0.05) is 48.1 Å². The molecule has 3 N–H and O–H groups in total. The van der Waals surface area contributed by atoms with Crippen LogP contribution in [0.2, 0.25) is 5.02 Å². The Hall–Kier alpha value is -1.84. The van der Waals surface area contributed by atoms with Gasteiger partial charge < -0.3 is 25.2 Å². The molecule has 0 unspecified atom stereocenters. The monoisotopic (exact) mass is 483 g/mol. The zero-order valence-corrected chi connectivity index (χ0v) is 19.8. The molecule has 4 rings (SSSR count). The molecule has 0 bridgehead atoms. The minimum Gasteiger partial charge on any atom is -0.394 e. The lowest BCUT2D eigenvalue weighted by molar-refractivity contribution is -0.136. The Kier molecular flexibility index (Phi) is 8.41. The van der Waals surface area contributed by atoms with Crippen LogP contribution in [0.25, 0.3) is 10.9 Å². The molecule has 32 heavy (non-hydrogen) atoms. The first-order valence-corrected chi connectivity index (χ1v) is 11.2. The van der Waals surface area contributed by atoms with Gasteiger partial charge in [-0.3, -0.25) is 14.5 Å². The van der Waals surface area contributed by atoms with Crippen molar-refractivity contribution < 1.29 is 14.7 Å². The number of nitrogens with one attached hydrogen (secondary N) is 2. The van der Waals surface area contributed by atoms with E-state index >= 15 is 0 Å². The average Bonchev–Trinajstić information content (AvgIpc) is 3.21. The molecule has 0 radical (unpaired) electrons. The fourth-order valence-electron chi connectivity index (χ4n) is 4.54. The smallest absolute Gasteiger partial charge is 0.268 e. The van der Waals surface area contributed by atoms with Crippen LogP contribution in [0.15, 0.2) is 24.3 Å². The van der Waals surface area contributed by atoms with E-state index in [1.807, 2.05) is 0 Å². The molecular formula is C22H31Cl2N5O3. The Bertz CT molecular complexity index is 937. The van der Waals surface area contributed by atoms with Gasteiger partial charge in [-0.2, -0.15) is 0 Å². The van der Waals surface area contributed by atoms with Crippen molar-refractivity contribution in [2.75, 3.05) is 52.9 Å². The third-order valence-corrected chi connectivity index (χ3v) is 6.68. The highest BCUT2D eigenvalue weighted by atomic mass is 35.5. The van der Waals surface area contributed by atoms with Gasteiger partial charge >= 0.3 is 0 Å². The first-order valence-electron chi connectivity index (χ1n) is 10.9. The summed E-state index contributed by atoms with van der Waals surface area (Å²) in [6.45, 7) is 4.67. The second-order valence-corrected chi connectivity index (χ2v) is 8.96. The number of benzene rings is 1. The van der Waals surface area contributed by atoms with E-state index in [9.17, 15) is 14.7 Å². The highest BCUT2D eigenvalue weighted by molar-refractivity contribution is 6.31. The maximum atomic E-state index is 12.9. The summed E-state index contributed by atoms with van der Waals surface area (Å²) in [6, 6.07) is 6.62. The normalized spacial score (nSPS) is 19.5. The third kappa shape index (κ3) is 5.55. The number of hydrogen-bond acceptors (Lipinski definition) is 5. The summed E-state index contributed by atoms with van der Waals surface area (Å²) < 4.78 is 0. The number of fused-ring (bicyclic) bond motifs is 1. The maximum Gasteiger partial charge on any atom is 0.268 e. The number of likely N-dealkylation sites (tertiary alicyclic amines) is 1. The highest BCUT2D eigenvalue weighted by Crippen LogP contribution is 2.20. The summed E-state index contributed by atoms with van der Waals surface area (Å²) in [5, 5.41) is 13.8. The quantitative estimate of drug-likeness (QED) is 0.600. The van der Waals surface area contributed by atoms with Crippen LogP contribution in [-0.4, -0.2) is 102 Å². The Morgan fingerprint density at radius 1 is 1.16 bits per heavy atom. The molecule has 0 aliphatic carbocycles. The van der Waals surface area contributed by atoms with E-state index in [1.165, 1.54) is 0 Å². The number of aliphatic hydroxyl groups is 1. The molecule has 2 aromatic rings. The van der Waals surface area contributed by atoms with E-state index in [2.05, 4.69) is 27.1 Å². The van der Waals surface area contributed by atoms with E-state index in [0.29, 0.717) is 29.8 Å². The van der Waals surface area contributed by atoms with Crippen LogP contribution in [0.3, 0.4) is 0 Å². The Morgan fingerprint density at radius 3 is 2.50 bits per heavy atom. The van der Waals surface area contributed by atoms with Crippen LogP contribution in [-0.2, 0) is 4.79 Å². The molecule has 0 spiro atoms. The lowest BCUT2D eigenvalue weighted by Crippen LogP contribution is -2.58. The topological polar surface area (TPSA) is 91.9 Å². The van der Waals surface area contributed by atoms with Gasteiger partial charge in [-0.05, 0) is 57.2 Å². The summed E-state index contributed by atoms with van der Waals surface area (Å²) >= 11 is 6.00. The molecule has 2 aliphatic rings. The average molecular weight is 484 g/mol. The van der Waals surface area contributed by atoms with E-state index in [0.717, 1.165) is 49.9 Å². The van der Waals surface area contributed by atoms with E-state index in [4.69, 9.17) is 11.6 Å². The Balaban J connectivity index is 0.00000289. The number of aromatic nitrogens is 1. The first kappa shape index (κ1) is 24.8. The second kappa shape index (κ2) is 10.9. The Morgan fingerprint density at radius 2 is 1.84 bits per heavy atom. The number of aromatic amines is 1. The molecule has 0 saturated carbocycles. The number of rotatable bonds is 5. The van der Waals surface area contributed by atoms with Crippen molar-refractivity contribution in [3.05, 3.63) is 35.0 Å². The minimum atomic E-state index is -0.961. The van der Waals surface area contributed by atoms with Gasteiger partial charge in [0.2, 0.25) is 5.91 Å². The molecule has 2 fully saturated rings. The first-order chi connectivity index (χ1) is 14.9. The lowest BCUT2D eigenvalue weighted by atomic mass is 10.0.